The molecule has 1 aromatic heterocycles. The molecule has 0 atom stereocenters. The van der Waals surface area contributed by atoms with E-state index in [4.69, 9.17) is 5.11 Å². The molecule has 2 aliphatic carbocycles. The quantitative estimate of drug-likeness (QED) is 0.717. The summed E-state index contributed by atoms with van der Waals surface area (Å²) in [5, 5.41) is 16.8. The second kappa shape index (κ2) is 5.63. The predicted octanol–water partition coefficient (Wildman–Crippen LogP) is 1.87. The lowest BCUT2D eigenvalue weighted by molar-refractivity contribution is 0.0691. The number of nitrogens with zero attached hydrogens (tertiary/aromatic N) is 1. The first kappa shape index (κ1) is 14.3. The Balaban J connectivity index is 1.34. The Kier molecular flexibility index (Phi) is 3.84. The van der Waals surface area contributed by atoms with E-state index in [1.807, 2.05) is 0 Å². The summed E-state index contributed by atoms with van der Waals surface area (Å²) in [5.74, 6) is -0.180. The van der Waals surface area contributed by atoms with Gasteiger partial charge in [0.25, 0.3) is 0 Å². The Morgan fingerprint density at radius 3 is 2.71 bits per heavy atom. The second-order valence-corrected chi connectivity index (χ2v) is 6.87. The third-order valence-corrected chi connectivity index (χ3v) is 5.24. The normalized spacial score (nSPS) is 19.0. The van der Waals surface area contributed by atoms with Crippen LogP contribution in [0.1, 0.15) is 41.2 Å². The van der Waals surface area contributed by atoms with E-state index in [-0.39, 0.29) is 11.7 Å². The highest BCUT2D eigenvalue weighted by molar-refractivity contribution is 7.09. The molecule has 0 spiro atoms. The zero-order chi connectivity index (χ0) is 14.9. The van der Waals surface area contributed by atoms with Crippen LogP contribution in [0, 0.1) is 11.3 Å². The van der Waals surface area contributed by atoms with Crippen molar-refractivity contribution in [3.63, 3.8) is 0 Å². The molecule has 0 saturated heterocycles. The number of rotatable bonds is 7. The molecule has 0 unspecified atom stereocenters. The maximum absolute atomic E-state index is 11.7. The van der Waals surface area contributed by atoms with Crippen molar-refractivity contribution in [2.75, 3.05) is 13.1 Å². The molecule has 2 fully saturated rings. The minimum atomic E-state index is -1.02. The van der Waals surface area contributed by atoms with Gasteiger partial charge in [0.1, 0.15) is 0 Å². The number of carbonyl (C=O) groups excluding carboxylic acids is 1. The molecule has 0 aromatic carbocycles. The SMILES string of the molecule is O=C(NCCc1nc(C(=O)O)cs1)NCC1(C2CC2)CC1. The van der Waals surface area contributed by atoms with E-state index >= 15 is 0 Å². The highest BCUT2D eigenvalue weighted by Gasteiger charge is 2.53. The van der Waals surface area contributed by atoms with Crippen LogP contribution in [0.15, 0.2) is 5.38 Å². The van der Waals surface area contributed by atoms with Crippen molar-refractivity contribution in [3.05, 3.63) is 16.1 Å². The Morgan fingerprint density at radius 1 is 1.38 bits per heavy atom. The van der Waals surface area contributed by atoms with Gasteiger partial charge in [-0.3, -0.25) is 0 Å². The van der Waals surface area contributed by atoms with Gasteiger partial charge in [-0.2, -0.15) is 0 Å². The van der Waals surface area contributed by atoms with Crippen LogP contribution in [-0.4, -0.2) is 35.2 Å². The molecule has 1 aromatic rings. The average Bonchev–Trinajstić information content (AvgIpc) is 3.35. The smallest absolute Gasteiger partial charge is 0.355 e. The van der Waals surface area contributed by atoms with Gasteiger partial charge in [0.15, 0.2) is 5.69 Å². The summed E-state index contributed by atoms with van der Waals surface area (Å²) in [4.78, 5) is 26.4. The molecule has 0 radical (unpaired) electrons. The van der Waals surface area contributed by atoms with Gasteiger partial charge < -0.3 is 15.7 Å². The molecule has 114 valence electrons. The zero-order valence-electron chi connectivity index (χ0n) is 11.7. The van der Waals surface area contributed by atoms with Crippen molar-refractivity contribution >= 4 is 23.3 Å². The third-order valence-electron chi connectivity index (χ3n) is 4.33. The van der Waals surface area contributed by atoms with Crippen LogP contribution in [0.25, 0.3) is 0 Å². The second-order valence-electron chi connectivity index (χ2n) is 5.93. The number of amides is 2. The number of hydrogen-bond donors (Lipinski definition) is 3. The van der Waals surface area contributed by atoms with E-state index in [1.165, 1.54) is 42.4 Å². The fraction of sp³-hybridized carbons (Fsp3) is 0.643. The van der Waals surface area contributed by atoms with Crippen LogP contribution in [0.3, 0.4) is 0 Å². The Hall–Kier alpha value is -1.63. The Morgan fingerprint density at radius 2 is 2.14 bits per heavy atom. The molecule has 0 bridgehead atoms. The molecular formula is C14H19N3O3S. The Labute approximate surface area is 127 Å². The summed E-state index contributed by atoms with van der Waals surface area (Å²) in [6.07, 6.45) is 5.68. The van der Waals surface area contributed by atoms with E-state index in [0.717, 1.165) is 17.5 Å². The van der Waals surface area contributed by atoms with Gasteiger partial charge in [-0.05, 0) is 37.0 Å². The molecule has 1 heterocycles. The summed E-state index contributed by atoms with van der Waals surface area (Å²) in [5.41, 5.74) is 0.475. The number of carbonyl (C=O) groups is 2. The fourth-order valence-corrected chi connectivity index (χ4v) is 3.48. The van der Waals surface area contributed by atoms with Crippen LogP contribution < -0.4 is 10.6 Å². The van der Waals surface area contributed by atoms with Crippen molar-refractivity contribution in [1.29, 1.82) is 0 Å². The minimum Gasteiger partial charge on any atom is -0.476 e. The number of thiazole rings is 1. The topological polar surface area (TPSA) is 91.3 Å². The van der Waals surface area contributed by atoms with Gasteiger partial charge in [0, 0.05) is 24.9 Å². The van der Waals surface area contributed by atoms with E-state index in [2.05, 4.69) is 15.6 Å². The molecule has 7 heteroatoms. The van der Waals surface area contributed by atoms with Crippen molar-refractivity contribution in [2.45, 2.75) is 32.1 Å². The van der Waals surface area contributed by atoms with Crippen molar-refractivity contribution in [3.8, 4) is 0 Å². The number of carboxylic acids is 1. The van der Waals surface area contributed by atoms with Crippen molar-refractivity contribution < 1.29 is 14.7 Å². The maximum atomic E-state index is 11.7. The predicted molar refractivity (Wildman–Crippen MR) is 78.6 cm³/mol. The third kappa shape index (κ3) is 3.53. The molecule has 2 saturated carbocycles. The lowest BCUT2D eigenvalue weighted by Crippen LogP contribution is -2.40. The number of carboxylic acid groups (broad SMARTS) is 1. The van der Waals surface area contributed by atoms with Crippen LogP contribution >= 0.6 is 11.3 Å². The lowest BCUT2D eigenvalue weighted by atomic mass is 10.0. The van der Waals surface area contributed by atoms with Gasteiger partial charge in [0.2, 0.25) is 0 Å². The first-order chi connectivity index (χ1) is 10.1. The van der Waals surface area contributed by atoms with Gasteiger partial charge in [-0.25, -0.2) is 14.6 Å². The number of urea groups is 1. The van der Waals surface area contributed by atoms with Crippen LogP contribution in [0.5, 0.6) is 0 Å². The maximum Gasteiger partial charge on any atom is 0.355 e. The average molecular weight is 309 g/mol. The first-order valence-electron chi connectivity index (χ1n) is 7.28. The largest absolute Gasteiger partial charge is 0.476 e. The Bertz CT molecular complexity index is 549. The van der Waals surface area contributed by atoms with Gasteiger partial charge >= 0.3 is 12.0 Å². The highest BCUT2D eigenvalue weighted by atomic mass is 32.1. The number of aromatic carboxylic acids is 1. The number of hydrogen-bond acceptors (Lipinski definition) is 4. The molecule has 0 aliphatic heterocycles. The minimum absolute atomic E-state index is 0.0690. The van der Waals surface area contributed by atoms with E-state index < -0.39 is 5.97 Å². The van der Waals surface area contributed by atoms with Gasteiger partial charge in [0.05, 0.1) is 5.01 Å². The number of nitrogens with one attached hydrogen (secondary N) is 2. The summed E-state index contributed by atoms with van der Waals surface area (Å²) in [7, 11) is 0. The molecule has 2 aliphatic rings. The highest BCUT2D eigenvalue weighted by Crippen LogP contribution is 2.60. The summed E-state index contributed by atoms with van der Waals surface area (Å²) >= 11 is 1.31. The lowest BCUT2D eigenvalue weighted by Gasteiger charge is -2.15. The van der Waals surface area contributed by atoms with E-state index in [1.54, 1.807) is 0 Å². The molecule has 3 N–H and O–H groups in total. The van der Waals surface area contributed by atoms with Crippen LogP contribution in [0.2, 0.25) is 0 Å². The number of aromatic nitrogens is 1. The molecule has 6 nitrogen and oxygen atoms in total. The molecule has 21 heavy (non-hydrogen) atoms. The summed E-state index contributed by atoms with van der Waals surface area (Å²) in [6, 6.07) is -0.142. The van der Waals surface area contributed by atoms with E-state index in [0.29, 0.717) is 18.4 Å². The molecule has 3 rings (SSSR count). The fourth-order valence-electron chi connectivity index (χ4n) is 2.71. The van der Waals surface area contributed by atoms with Crippen LogP contribution in [0.4, 0.5) is 4.79 Å². The summed E-state index contributed by atoms with van der Waals surface area (Å²) in [6.45, 7) is 1.25. The summed E-state index contributed by atoms with van der Waals surface area (Å²) < 4.78 is 0. The van der Waals surface area contributed by atoms with Crippen LogP contribution in [-0.2, 0) is 6.42 Å². The van der Waals surface area contributed by atoms with Gasteiger partial charge in [-0.1, -0.05) is 0 Å². The van der Waals surface area contributed by atoms with Crippen molar-refractivity contribution in [2.24, 2.45) is 11.3 Å². The van der Waals surface area contributed by atoms with Crippen molar-refractivity contribution in [1.82, 2.24) is 15.6 Å². The molecule has 2 amide bonds. The van der Waals surface area contributed by atoms with Gasteiger partial charge in [-0.15, -0.1) is 11.3 Å². The molecular weight excluding hydrogens is 290 g/mol. The first-order valence-corrected chi connectivity index (χ1v) is 8.16. The monoisotopic (exact) mass is 309 g/mol. The standard InChI is InChI=1S/C14H19N3O3S/c18-12(19)10-7-21-11(17-10)3-6-15-13(20)16-8-14(4-5-14)9-1-2-9/h7,9H,1-6,8H2,(H,18,19)(H2,15,16,20). The zero-order valence-corrected chi connectivity index (χ0v) is 12.5. The van der Waals surface area contributed by atoms with E-state index in [9.17, 15) is 9.59 Å².